The SMILES string of the molecule is CCCCCCCC/C=C\C/C=C\C/C=C\C/C=C\CCC(C)C(=O)NCCF. The average molecular weight is 406 g/mol. The standard InChI is InChI=1S/C26H44FNO/c1-3-4-5-6-7-8-9-10-11-12-13-14-15-16-17-18-19-20-21-22-25(2)26(29)28-24-23-27/h10-11,13-14,16-17,19-20,25H,3-9,12,15,18,21-24H2,1-2H3,(H,28,29)/b11-10-,14-13-,17-16-,20-19-. The summed E-state index contributed by atoms with van der Waals surface area (Å²) in [6.07, 6.45) is 31.7. The Morgan fingerprint density at radius 3 is 1.90 bits per heavy atom. The summed E-state index contributed by atoms with van der Waals surface area (Å²) < 4.78 is 12.0. The molecule has 0 aromatic rings. The highest BCUT2D eigenvalue weighted by molar-refractivity contribution is 5.78. The number of carbonyl (C=O) groups is 1. The Bertz CT molecular complexity index is 479. The zero-order valence-electron chi connectivity index (χ0n) is 18.9. The Kier molecular flexibility index (Phi) is 21.4. The molecule has 0 spiro atoms. The summed E-state index contributed by atoms with van der Waals surface area (Å²) in [5.74, 6) is -0.119. The second-order valence-corrected chi connectivity index (χ2v) is 7.61. The van der Waals surface area contributed by atoms with E-state index in [1.54, 1.807) is 0 Å². The third-order valence-electron chi connectivity index (χ3n) is 4.82. The van der Waals surface area contributed by atoms with Crippen LogP contribution in [0, 0.1) is 5.92 Å². The van der Waals surface area contributed by atoms with Crippen LogP contribution in [0.2, 0.25) is 0 Å². The summed E-state index contributed by atoms with van der Waals surface area (Å²) in [6.45, 7) is 3.76. The molecular formula is C26H44FNO. The lowest BCUT2D eigenvalue weighted by molar-refractivity contribution is -0.124. The van der Waals surface area contributed by atoms with E-state index >= 15 is 0 Å². The maximum Gasteiger partial charge on any atom is 0.222 e. The molecule has 0 aliphatic heterocycles. The molecule has 0 aromatic carbocycles. The molecule has 1 unspecified atom stereocenters. The molecule has 2 nitrogen and oxygen atoms in total. The van der Waals surface area contributed by atoms with Crippen molar-refractivity contribution in [2.45, 2.75) is 90.9 Å². The molecule has 0 aromatic heterocycles. The van der Waals surface area contributed by atoms with Gasteiger partial charge in [0.1, 0.15) is 6.67 Å². The van der Waals surface area contributed by atoms with Crippen LogP contribution in [0.5, 0.6) is 0 Å². The van der Waals surface area contributed by atoms with Crippen LogP contribution >= 0.6 is 0 Å². The minimum absolute atomic E-state index is 0.0556. The smallest absolute Gasteiger partial charge is 0.222 e. The van der Waals surface area contributed by atoms with Crippen LogP contribution in [0.15, 0.2) is 48.6 Å². The normalized spacial score (nSPS) is 13.3. The monoisotopic (exact) mass is 405 g/mol. The molecule has 3 heteroatoms. The molecule has 0 fully saturated rings. The molecule has 1 N–H and O–H groups in total. The van der Waals surface area contributed by atoms with Crippen molar-refractivity contribution in [3.05, 3.63) is 48.6 Å². The lowest BCUT2D eigenvalue weighted by atomic mass is 10.0. The van der Waals surface area contributed by atoms with Gasteiger partial charge in [-0.1, -0.05) is 94.6 Å². The van der Waals surface area contributed by atoms with Gasteiger partial charge >= 0.3 is 0 Å². The molecule has 166 valence electrons. The van der Waals surface area contributed by atoms with Crippen molar-refractivity contribution in [2.24, 2.45) is 5.92 Å². The van der Waals surface area contributed by atoms with Gasteiger partial charge in [-0.15, -0.1) is 0 Å². The second kappa shape index (κ2) is 22.6. The topological polar surface area (TPSA) is 29.1 Å². The molecule has 0 heterocycles. The number of amides is 1. The number of carbonyl (C=O) groups excluding carboxylic acids is 1. The molecule has 0 saturated heterocycles. The Morgan fingerprint density at radius 1 is 0.793 bits per heavy atom. The Morgan fingerprint density at radius 2 is 1.31 bits per heavy atom. The molecular weight excluding hydrogens is 361 g/mol. The van der Waals surface area contributed by atoms with Gasteiger partial charge in [-0.05, 0) is 44.9 Å². The van der Waals surface area contributed by atoms with Gasteiger partial charge in [-0.3, -0.25) is 4.79 Å². The molecule has 0 radical (unpaired) electrons. The Balaban J connectivity index is 3.53. The largest absolute Gasteiger partial charge is 0.353 e. The van der Waals surface area contributed by atoms with Crippen molar-refractivity contribution in [1.82, 2.24) is 5.32 Å². The van der Waals surface area contributed by atoms with Gasteiger partial charge in [0.05, 0.1) is 0 Å². The number of unbranched alkanes of at least 4 members (excludes halogenated alkanes) is 6. The molecule has 1 atom stereocenters. The first-order valence-corrected chi connectivity index (χ1v) is 11.7. The third kappa shape index (κ3) is 20.9. The minimum Gasteiger partial charge on any atom is -0.353 e. The number of halogens is 1. The van der Waals surface area contributed by atoms with Gasteiger partial charge in [0.15, 0.2) is 0 Å². The van der Waals surface area contributed by atoms with Crippen LogP contribution in [-0.2, 0) is 4.79 Å². The van der Waals surface area contributed by atoms with E-state index in [2.05, 4.69) is 60.8 Å². The fraction of sp³-hybridized carbons (Fsp3) is 0.654. The number of allylic oxidation sites excluding steroid dienone is 8. The van der Waals surface area contributed by atoms with E-state index in [9.17, 15) is 9.18 Å². The molecule has 1 amide bonds. The highest BCUT2D eigenvalue weighted by Crippen LogP contribution is 2.08. The van der Waals surface area contributed by atoms with E-state index < -0.39 is 6.67 Å². The van der Waals surface area contributed by atoms with Crippen molar-refractivity contribution >= 4 is 5.91 Å². The van der Waals surface area contributed by atoms with Gasteiger partial charge in [-0.2, -0.15) is 0 Å². The Hall–Kier alpha value is -1.64. The predicted molar refractivity (Wildman–Crippen MR) is 126 cm³/mol. The molecule has 0 rings (SSSR count). The number of alkyl halides is 1. The van der Waals surface area contributed by atoms with Crippen LogP contribution in [0.3, 0.4) is 0 Å². The molecule has 0 aliphatic rings. The number of nitrogens with one attached hydrogen (secondary N) is 1. The summed E-state index contributed by atoms with van der Waals surface area (Å²) in [4.78, 5) is 11.6. The van der Waals surface area contributed by atoms with Gasteiger partial charge in [0, 0.05) is 12.5 Å². The first-order valence-electron chi connectivity index (χ1n) is 11.7. The van der Waals surface area contributed by atoms with E-state index in [1.807, 2.05) is 6.92 Å². The lowest BCUT2D eigenvalue weighted by Gasteiger charge is -2.09. The van der Waals surface area contributed by atoms with Gasteiger partial charge in [0.2, 0.25) is 5.91 Å². The van der Waals surface area contributed by atoms with Crippen molar-refractivity contribution in [2.75, 3.05) is 13.2 Å². The van der Waals surface area contributed by atoms with E-state index in [-0.39, 0.29) is 18.4 Å². The maximum absolute atomic E-state index is 12.0. The van der Waals surface area contributed by atoms with Crippen molar-refractivity contribution < 1.29 is 9.18 Å². The summed E-state index contributed by atoms with van der Waals surface area (Å²) in [5, 5.41) is 2.58. The lowest BCUT2D eigenvalue weighted by Crippen LogP contribution is -2.30. The number of hydrogen-bond acceptors (Lipinski definition) is 1. The van der Waals surface area contributed by atoms with Crippen LogP contribution in [-0.4, -0.2) is 19.1 Å². The summed E-state index contributed by atoms with van der Waals surface area (Å²) in [6, 6.07) is 0. The van der Waals surface area contributed by atoms with Gasteiger partial charge < -0.3 is 5.32 Å². The first kappa shape index (κ1) is 27.4. The van der Waals surface area contributed by atoms with Gasteiger partial charge in [0.25, 0.3) is 0 Å². The van der Waals surface area contributed by atoms with Crippen molar-refractivity contribution in [3.63, 3.8) is 0 Å². The highest BCUT2D eigenvalue weighted by Gasteiger charge is 2.10. The van der Waals surface area contributed by atoms with Crippen LogP contribution in [0.4, 0.5) is 4.39 Å². The summed E-state index contributed by atoms with van der Waals surface area (Å²) >= 11 is 0. The number of rotatable bonds is 19. The van der Waals surface area contributed by atoms with E-state index in [0.29, 0.717) is 0 Å². The van der Waals surface area contributed by atoms with Gasteiger partial charge in [-0.25, -0.2) is 4.39 Å². The van der Waals surface area contributed by atoms with Crippen molar-refractivity contribution in [3.8, 4) is 0 Å². The maximum atomic E-state index is 12.0. The van der Waals surface area contributed by atoms with Crippen LogP contribution < -0.4 is 5.32 Å². The fourth-order valence-electron chi connectivity index (χ4n) is 2.91. The highest BCUT2D eigenvalue weighted by atomic mass is 19.1. The van der Waals surface area contributed by atoms with Crippen LogP contribution in [0.25, 0.3) is 0 Å². The first-order chi connectivity index (χ1) is 14.2. The molecule has 29 heavy (non-hydrogen) atoms. The third-order valence-corrected chi connectivity index (χ3v) is 4.82. The number of hydrogen-bond donors (Lipinski definition) is 1. The Labute approximate surface area is 179 Å². The van der Waals surface area contributed by atoms with E-state index in [0.717, 1.165) is 32.1 Å². The average Bonchev–Trinajstić information content (AvgIpc) is 2.73. The van der Waals surface area contributed by atoms with Crippen LogP contribution in [0.1, 0.15) is 90.9 Å². The zero-order chi connectivity index (χ0) is 21.4. The second-order valence-electron chi connectivity index (χ2n) is 7.61. The van der Waals surface area contributed by atoms with E-state index in [1.165, 1.54) is 44.9 Å². The zero-order valence-corrected chi connectivity index (χ0v) is 18.9. The minimum atomic E-state index is -0.504. The molecule has 0 aliphatic carbocycles. The fourth-order valence-corrected chi connectivity index (χ4v) is 2.91. The predicted octanol–water partition coefficient (Wildman–Crippen LogP) is 7.63. The van der Waals surface area contributed by atoms with Crippen molar-refractivity contribution in [1.29, 1.82) is 0 Å². The molecule has 0 saturated carbocycles. The quantitative estimate of drug-likeness (QED) is 0.174. The molecule has 0 bridgehead atoms. The van der Waals surface area contributed by atoms with E-state index in [4.69, 9.17) is 0 Å². The summed E-state index contributed by atoms with van der Waals surface area (Å²) in [7, 11) is 0. The summed E-state index contributed by atoms with van der Waals surface area (Å²) in [5.41, 5.74) is 0.